The molecule has 0 bridgehead atoms. The van der Waals surface area contributed by atoms with Crippen molar-refractivity contribution in [3.63, 3.8) is 0 Å². The summed E-state index contributed by atoms with van der Waals surface area (Å²) in [5, 5.41) is 3.61. The van der Waals surface area contributed by atoms with E-state index in [1.165, 1.54) is 16.7 Å². The highest BCUT2D eigenvalue weighted by Crippen LogP contribution is 2.11. The van der Waals surface area contributed by atoms with Crippen LogP contribution < -0.4 is 5.32 Å². The van der Waals surface area contributed by atoms with E-state index in [1.54, 1.807) is 0 Å². The number of halogens is 1. The molecule has 1 unspecified atom stereocenters. The largest absolute Gasteiger partial charge is 0.311 e. The molecule has 1 aromatic carbocycles. The van der Waals surface area contributed by atoms with Gasteiger partial charge in [0.1, 0.15) is 0 Å². The van der Waals surface area contributed by atoms with Gasteiger partial charge in [0.25, 0.3) is 0 Å². The van der Waals surface area contributed by atoms with Crippen LogP contribution in [0.2, 0.25) is 0 Å². The molecule has 1 nitrogen and oxygen atoms in total. The summed E-state index contributed by atoms with van der Waals surface area (Å²) < 4.78 is 0. The molecule has 0 radical (unpaired) electrons. The van der Waals surface area contributed by atoms with E-state index >= 15 is 0 Å². The first-order chi connectivity index (χ1) is 7.50. The Morgan fingerprint density at radius 1 is 1.19 bits per heavy atom. The van der Waals surface area contributed by atoms with Gasteiger partial charge >= 0.3 is 0 Å². The van der Waals surface area contributed by atoms with E-state index in [9.17, 15) is 0 Å². The first-order valence-electron chi connectivity index (χ1n) is 5.91. The predicted octanol–water partition coefficient (Wildman–Crippen LogP) is 3.66. The van der Waals surface area contributed by atoms with Crippen molar-refractivity contribution in [2.45, 2.75) is 39.6 Å². The van der Waals surface area contributed by atoms with Gasteiger partial charge in [0.05, 0.1) is 0 Å². The van der Waals surface area contributed by atoms with Gasteiger partial charge in [-0.25, -0.2) is 0 Å². The summed E-state index contributed by atoms with van der Waals surface area (Å²) in [7, 11) is 0. The van der Waals surface area contributed by atoms with Crippen molar-refractivity contribution >= 4 is 11.6 Å². The van der Waals surface area contributed by atoms with E-state index in [1.807, 2.05) is 0 Å². The molecule has 1 rings (SSSR count). The minimum absolute atomic E-state index is 0.214. The zero-order valence-electron chi connectivity index (χ0n) is 10.7. The normalized spacial score (nSPS) is 13.1. The molecule has 0 amide bonds. The number of hydrogen-bond acceptors (Lipinski definition) is 1. The molecular weight excluding hydrogens is 218 g/mol. The molecule has 0 aliphatic carbocycles. The molecule has 0 fully saturated rings. The van der Waals surface area contributed by atoms with Crippen molar-refractivity contribution in [1.29, 1.82) is 0 Å². The van der Waals surface area contributed by atoms with E-state index in [4.69, 9.17) is 11.6 Å². The quantitative estimate of drug-likeness (QED) is 0.774. The van der Waals surface area contributed by atoms with Gasteiger partial charge in [0.2, 0.25) is 0 Å². The van der Waals surface area contributed by atoms with Crippen molar-refractivity contribution in [2.24, 2.45) is 5.92 Å². The average Bonchev–Trinajstić information content (AvgIpc) is 2.23. The Bertz CT molecular complexity index is 334. The molecule has 0 saturated carbocycles. The van der Waals surface area contributed by atoms with Gasteiger partial charge in [0.15, 0.2) is 0 Å². The summed E-state index contributed by atoms with van der Waals surface area (Å²) in [6.07, 6.45) is 0. The summed E-state index contributed by atoms with van der Waals surface area (Å²) in [5.41, 5.74) is 4.03. The van der Waals surface area contributed by atoms with Crippen LogP contribution in [0.15, 0.2) is 18.2 Å². The molecule has 1 aromatic rings. The molecule has 0 spiro atoms. The minimum Gasteiger partial charge on any atom is -0.311 e. The van der Waals surface area contributed by atoms with E-state index in [-0.39, 0.29) is 5.38 Å². The van der Waals surface area contributed by atoms with Crippen LogP contribution in [0.3, 0.4) is 0 Å². The number of rotatable bonds is 5. The maximum Gasteiger partial charge on any atom is 0.0483 e. The molecule has 1 N–H and O–H groups in total. The lowest BCUT2D eigenvalue weighted by molar-refractivity contribution is 0.546. The molecule has 2 heteroatoms. The van der Waals surface area contributed by atoms with E-state index in [2.05, 4.69) is 51.2 Å². The third-order valence-corrected chi connectivity index (χ3v) is 3.62. The molecule has 16 heavy (non-hydrogen) atoms. The van der Waals surface area contributed by atoms with Crippen LogP contribution in [0.1, 0.15) is 30.5 Å². The third-order valence-electron chi connectivity index (χ3n) is 2.96. The number of nitrogens with one attached hydrogen (secondary N) is 1. The van der Waals surface area contributed by atoms with Gasteiger partial charge in [0, 0.05) is 18.5 Å². The van der Waals surface area contributed by atoms with E-state index in [0.29, 0.717) is 5.92 Å². The molecule has 90 valence electrons. The van der Waals surface area contributed by atoms with Crippen molar-refractivity contribution in [3.8, 4) is 0 Å². The predicted molar refractivity (Wildman–Crippen MR) is 72.1 cm³/mol. The smallest absolute Gasteiger partial charge is 0.0483 e. The van der Waals surface area contributed by atoms with Crippen molar-refractivity contribution in [1.82, 2.24) is 5.32 Å². The highest BCUT2D eigenvalue weighted by Gasteiger charge is 2.08. The van der Waals surface area contributed by atoms with Gasteiger partial charge in [-0.3, -0.25) is 0 Å². The van der Waals surface area contributed by atoms with Crippen molar-refractivity contribution in [2.75, 3.05) is 6.54 Å². The Hall–Kier alpha value is -0.530. The van der Waals surface area contributed by atoms with Crippen molar-refractivity contribution in [3.05, 3.63) is 34.9 Å². The van der Waals surface area contributed by atoms with Gasteiger partial charge < -0.3 is 5.32 Å². The number of hydrogen-bond donors (Lipinski definition) is 1. The zero-order chi connectivity index (χ0) is 12.1. The monoisotopic (exact) mass is 239 g/mol. The summed E-state index contributed by atoms with van der Waals surface area (Å²) in [4.78, 5) is 0. The van der Waals surface area contributed by atoms with Crippen molar-refractivity contribution < 1.29 is 0 Å². The molecule has 0 aliphatic rings. The Labute approximate surface area is 104 Å². The maximum atomic E-state index is 6.18. The van der Waals surface area contributed by atoms with Crippen LogP contribution in [0.5, 0.6) is 0 Å². The second kappa shape index (κ2) is 6.27. The average molecular weight is 240 g/mol. The highest BCUT2D eigenvalue weighted by atomic mass is 35.5. The zero-order valence-corrected chi connectivity index (χ0v) is 11.4. The molecular formula is C14H22ClN. The van der Waals surface area contributed by atoms with Gasteiger partial charge in [-0.2, -0.15) is 0 Å². The fraction of sp³-hybridized carbons (Fsp3) is 0.571. The summed E-state index contributed by atoms with van der Waals surface area (Å²) in [6.45, 7) is 10.4. The Balaban J connectivity index is 2.40. The lowest BCUT2D eigenvalue weighted by Crippen LogP contribution is -2.26. The second-order valence-electron chi connectivity index (χ2n) is 4.81. The Kier molecular flexibility index (Phi) is 5.30. The highest BCUT2D eigenvalue weighted by molar-refractivity contribution is 6.20. The molecule has 0 aliphatic heterocycles. The molecule has 1 atom stereocenters. The molecule has 0 aromatic heterocycles. The maximum absolute atomic E-state index is 6.18. The molecule has 0 saturated heterocycles. The fourth-order valence-corrected chi connectivity index (χ4v) is 1.61. The van der Waals surface area contributed by atoms with Crippen LogP contribution in [-0.2, 0) is 6.54 Å². The van der Waals surface area contributed by atoms with Crippen LogP contribution in [0.25, 0.3) is 0 Å². The minimum atomic E-state index is 0.214. The van der Waals surface area contributed by atoms with E-state index in [0.717, 1.165) is 13.1 Å². The van der Waals surface area contributed by atoms with E-state index < -0.39 is 0 Å². The summed E-state index contributed by atoms with van der Waals surface area (Å²) in [6, 6.07) is 6.59. The first kappa shape index (κ1) is 13.5. The standard InChI is InChI=1S/C14H22ClN/c1-10(2)14(15)9-16-8-13-6-5-11(3)12(4)7-13/h5-7,10,14,16H,8-9H2,1-4H3. The van der Waals surface area contributed by atoms with Gasteiger partial charge in [-0.05, 0) is 36.5 Å². The van der Waals surface area contributed by atoms with Gasteiger partial charge in [-0.15, -0.1) is 11.6 Å². The van der Waals surface area contributed by atoms with Crippen LogP contribution in [-0.4, -0.2) is 11.9 Å². The lowest BCUT2D eigenvalue weighted by atomic mass is 10.1. The Morgan fingerprint density at radius 3 is 2.44 bits per heavy atom. The first-order valence-corrected chi connectivity index (χ1v) is 6.35. The summed E-state index contributed by atoms with van der Waals surface area (Å²) >= 11 is 6.18. The van der Waals surface area contributed by atoms with Crippen LogP contribution >= 0.6 is 11.6 Å². The number of alkyl halides is 1. The van der Waals surface area contributed by atoms with Gasteiger partial charge in [-0.1, -0.05) is 32.0 Å². The fourth-order valence-electron chi connectivity index (χ4n) is 1.50. The van der Waals surface area contributed by atoms with Crippen LogP contribution in [0, 0.1) is 19.8 Å². The third kappa shape index (κ3) is 4.15. The number of aryl methyl sites for hydroxylation is 2. The van der Waals surface area contributed by atoms with Crippen LogP contribution in [0.4, 0.5) is 0 Å². The Morgan fingerprint density at radius 2 is 1.88 bits per heavy atom. The lowest BCUT2D eigenvalue weighted by Gasteiger charge is -2.14. The SMILES string of the molecule is Cc1ccc(CNCC(Cl)C(C)C)cc1C. The second-order valence-corrected chi connectivity index (χ2v) is 5.37. The molecule has 0 heterocycles. The topological polar surface area (TPSA) is 12.0 Å². The summed E-state index contributed by atoms with van der Waals surface area (Å²) in [5.74, 6) is 0.522. The number of benzene rings is 1.